The minimum atomic E-state index is 0.0155. The summed E-state index contributed by atoms with van der Waals surface area (Å²) in [6.07, 6.45) is 0. The third kappa shape index (κ3) is 4.90. The molecular formula is C26H30N4O2. The first-order chi connectivity index (χ1) is 15.4. The van der Waals surface area contributed by atoms with Gasteiger partial charge in [-0.15, -0.1) is 10.2 Å². The van der Waals surface area contributed by atoms with Crippen molar-refractivity contribution in [2.75, 3.05) is 37.7 Å². The van der Waals surface area contributed by atoms with Crippen molar-refractivity contribution < 1.29 is 9.53 Å². The minimum Gasteiger partial charge on any atom is -0.483 e. The van der Waals surface area contributed by atoms with E-state index in [-0.39, 0.29) is 12.5 Å². The molecule has 0 atom stereocenters. The summed E-state index contributed by atoms with van der Waals surface area (Å²) in [6, 6.07) is 16.4. The fraction of sp³-hybridized carbons (Fsp3) is 0.346. The van der Waals surface area contributed by atoms with Crippen LogP contribution >= 0.6 is 0 Å². The van der Waals surface area contributed by atoms with E-state index < -0.39 is 0 Å². The number of aromatic nitrogens is 2. The van der Waals surface area contributed by atoms with Gasteiger partial charge in [-0.2, -0.15) is 0 Å². The normalized spacial score (nSPS) is 13.9. The van der Waals surface area contributed by atoms with Crippen molar-refractivity contribution in [1.82, 2.24) is 15.1 Å². The maximum atomic E-state index is 12.6. The molecule has 32 heavy (non-hydrogen) atoms. The van der Waals surface area contributed by atoms with Crippen molar-refractivity contribution in [3.8, 4) is 17.0 Å². The van der Waals surface area contributed by atoms with Gasteiger partial charge >= 0.3 is 0 Å². The molecule has 0 unspecified atom stereocenters. The van der Waals surface area contributed by atoms with Crippen molar-refractivity contribution in [1.29, 1.82) is 0 Å². The van der Waals surface area contributed by atoms with E-state index in [1.807, 2.05) is 49.1 Å². The lowest BCUT2D eigenvalue weighted by molar-refractivity contribution is -0.133. The average Bonchev–Trinajstić information content (AvgIpc) is 2.81. The molecule has 1 aliphatic rings. The zero-order chi connectivity index (χ0) is 22.7. The van der Waals surface area contributed by atoms with Crippen molar-refractivity contribution in [2.24, 2.45) is 0 Å². The number of amides is 1. The summed E-state index contributed by atoms with van der Waals surface area (Å²) in [5.74, 6) is 1.63. The van der Waals surface area contributed by atoms with E-state index >= 15 is 0 Å². The number of anilines is 1. The summed E-state index contributed by atoms with van der Waals surface area (Å²) < 4.78 is 5.79. The summed E-state index contributed by atoms with van der Waals surface area (Å²) >= 11 is 0. The highest BCUT2D eigenvalue weighted by molar-refractivity contribution is 5.78. The molecule has 2 aromatic carbocycles. The standard InChI is InChI=1S/C26H30N4O2/c1-18-5-6-20(3)24(15-18)32-17-26(31)30-13-11-29(12-14-30)25-10-9-23(27-28-25)22-8-7-19(2)21(4)16-22/h5-10,15-16H,11-14,17H2,1-4H3. The highest BCUT2D eigenvalue weighted by Gasteiger charge is 2.22. The molecule has 0 spiro atoms. The molecule has 1 aromatic heterocycles. The number of aryl methyl sites for hydroxylation is 4. The highest BCUT2D eigenvalue weighted by Crippen LogP contribution is 2.22. The maximum Gasteiger partial charge on any atom is 0.260 e. The lowest BCUT2D eigenvalue weighted by atomic mass is 10.0. The molecule has 0 N–H and O–H groups in total. The Morgan fingerprint density at radius 1 is 0.844 bits per heavy atom. The van der Waals surface area contributed by atoms with Crippen LogP contribution in [-0.4, -0.2) is 53.8 Å². The Labute approximate surface area is 189 Å². The maximum absolute atomic E-state index is 12.6. The van der Waals surface area contributed by atoms with Crippen LogP contribution in [0.2, 0.25) is 0 Å². The topological polar surface area (TPSA) is 58.6 Å². The summed E-state index contributed by atoms with van der Waals surface area (Å²) in [5, 5.41) is 8.88. The number of nitrogens with zero attached hydrogens (tertiary/aromatic N) is 4. The van der Waals surface area contributed by atoms with Gasteiger partial charge in [0.25, 0.3) is 5.91 Å². The molecule has 1 aliphatic heterocycles. The van der Waals surface area contributed by atoms with Crippen LogP contribution in [0, 0.1) is 27.7 Å². The number of piperazine rings is 1. The van der Waals surface area contributed by atoms with Crippen molar-refractivity contribution in [2.45, 2.75) is 27.7 Å². The number of benzene rings is 2. The van der Waals surface area contributed by atoms with Gasteiger partial charge in [0.1, 0.15) is 5.75 Å². The molecule has 3 aromatic rings. The molecule has 0 saturated carbocycles. The first kappa shape index (κ1) is 21.8. The van der Waals surface area contributed by atoms with E-state index in [9.17, 15) is 4.79 Å². The van der Waals surface area contributed by atoms with Crippen LogP contribution in [0.4, 0.5) is 5.82 Å². The van der Waals surface area contributed by atoms with Crippen LogP contribution < -0.4 is 9.64 Å². The number of rotatable bonds is 5. The fourth-order valence-corrected chi connectivity index (χ4v) is 3.83. The molecule has 1 amide bonds. The summed E-state index contributed by atoms with van der Waals surface area (Å²) in [6.45, 7) is 11.0. The Morgan fingerprint density at radius 2 is 1.59 bits per heavy atom. The molecule has 1 fully saturated rings. The second-order valence-electron chi connectivity index (χ2n) is 8.50. The molecule has 6 heteroatoms. The van der Waals surface area contributed by atoms with Crippen LogP contribution in [0.3, 0.4) is 0 Å². The SMILES string of the molecule is Cc1ccc(C)c(OCC(=O)N2CCN(c3ccc(-c4ccc(C)c(C)c4)nn3)CC2)c1. The Hall–Kier alpha value is -3.41. The number of ether oxygens (including phenoxy) is 1. The van der Waals surface area contributed by atoms with E-state index in [0.717, 1.165) is 47.0 Å². The number of hydrogen-bond acceptors (Lipinski definition) is 5. The van der Waals surface area contributed by atoms with Gasteiger partial charge in [0, 0.05) is 31.7 Å². The van der Waals surface area contributed by atoms with Crippen LogP contribution in [0.15, 0.2) is 48.5 Å². The van der Waals surface area contributed by atoms with Gasteiger partial charge in [0.2, 0.25) is 0 Å². The average molecular weight is 431 g/mol. The Morgan fingerprint density at radius 3 is 2.28 bits per heavy atom. The minimum absolute atomic E-state index is 0.0155. The molecule has 0 radical (unpaired) electrons. The highest BCUT2D eigenvalue weighted by atomic mass is 16.5. The smallest absolute Gasteiger partial charge is 0.260 e. The quantitative estimate of drug-likeness (QED) is 0.610. The number of hydrogen-bond donors (Lipinski definition) is 0. The lowest BCUT2D eigenvalue weighted by Gasteiger charge is -2.35. The Bertz CT molecular complexity index is 1100. The largest absolute Gasteiger partial charge is 0.483 e. The molecule has 0 bridgehead atoms. The first-order valence-electron chi connectivity index (χ1n) is 11.0. The second-order valence-corrected chi connectivity index (χ2v) is 8.50. The zero-order valence-corrected chi connectivity index (χ0v) is 19.3. The zero-order valence-electron chi connectivity index (χ0n) is 19.3. The van der Waals surface area contributed by atoms with Gasteiger partial charge in [0.05, 0.1) is 5.69 Å². The van der Waals surface area contributed by atoms with Crippen molar-refractivity contribution >= 4 is 11.7 Å². The van der Waals surface area contributed by atoms with Gasteiger partial charge in [-0.25, -0.2) is 0 Å². The molecule has 166 valence electrons. The van der Waals surface area contributed by atoms with E-state index in [4.69, 9.17) is 4.74 Å². The predicted molar refractivity (Wildman–Crippen MR) is 127 cm³/mol. The summed E-state index contributed by atoms with van der Waals surface area (Å²) in [4.78, 5) is 16.7. The van der Waals surface area contributed by atoms with Crippen molar-refractivity contribution in [3.63, 3.8) is 0 Å². The third-order valence-electron chi connectivity index (χ3n) is 6.10. The molecular weight excluding hydrogens is 400 g/mol. The van der Waals surface area contributed by atoms with Crippen molar-refractivity contribution in [3.05, 3.63) is 70.8 Å². The van der Waals surface area contributed by atoms with Gasteiger partial charge in [-0.3, -0.25) is 4.79 Å². The number of carbonyl (C=O) groups excluding carboxylic acids is 1. The third-order valence-corrected chi connectivity index (χ3v) is 6.10. The van der Waals surface area contributed by atoms with E-state index in [0.29, 0.717) is 13.1 Å². The molecule has 4 rings (SSSR count). The fourth-order valence-electron chi connectivity index (χ4n) is 3.83. The first-order valence-corrected chi connectivity index (χ1v) is 11.0. The van der Waals surface area contributed by atoms with Crippen LogP contribution in [-0.2, 0) is 4.79 Å². The summed E-state index contributed by atoms with van der Waals surface area (Å²) in [7, 11) is 0. The summed E-state index contributed by atoms with van der Waals surface area (Å²) in [5.41, 5.74) is 6.62. The monoisotopic (exact) mass is 430 g/mol. The number of carbonyl (C=O) groups is 1. The predicted octanol–water partition coefficient (Wildman–Crippen LogP) is 4.10. The van der Waals surface area contributed by atoms with E-state index in [1.54, 1.807) is 0 Å². The molecule has 0 aliphatic carbocycles. The van der Waals surface area contributed by atoms with Crippen LogP contribution in [0.1, 0.15) is 22.3 Å². The van der Waals surface area contributed by atoms with E-state index in [2.05, 4.69) is 47.1 Å². The van der Waals surface area contributed by atoms with Crippen LogP contribution in [0.25, 0.3) is 11.3 Å². The van der Waals surface area contributed by atoms with Gasteiger partial charge in [0.15, 0.2) is 12.4 Å². The molecule has 6 nitrogen and oxygen atoms in total. The second kappa shape index (κ2) is 9.39. The Balaban J connectivity index is 1.31. The molecule has 1 saturated heterocycles. The van der Waals surface area contributed by atoms with Gasteiger partial charge < -0.3 is 14.5 Å². The molecule has 2 heterocycles. The van der Waals surface area contributed by atoms with Gasteiger partial charge in [-0.1, -0.05) is 24.3 Å². The lowest BCUT2D eigenvalue weighted by Crippen LogP contribution is -2.50. The Kier molecular flexibility index (Phi) is 6.40. The van der Waals surface area contributed by atoms with Gasteiger partial charge in [-0.05, 0) is 74.2 Å². The van der Waals surface area contributed by atoms with Crippen LogP contribution in [0.5, 0.6) is 5.75 Å². The van der Waals surface area contributed by atoms with E-state index in [1.165, 1.54) is 11.1 Å².